The second kappa shape index (κ2) is 5.99. The Bertz CT molecular complexity index is 844. The summed E-state index contributed by atoms with van der Waals surface area (Å²) < 4.78 is 0. The largest absolute Gasteiger partial charge is 0.346 e. The SMILES string of the molecule is Cc1cc(N2CCCC2c2nc(C)cc(-c3ncc[nH]3)n2)ncn1. The highest BCUT2D eigenvalue weighted by Crippen LogP contribution is 2.34. The summed E-state index contributed by atoms with van der Waals surface area (Å²) in [4.78, 5) is 27.8. The van der Waals surface area contributed by atoms with Crippen LogP contribution in [0.5, 0.6) is 0 Å². The molecule has 0 aromatic carbocycles. The number of hydrogen-bond acceptors (Lipinski definition) is 6. The zero-order valence-corrected chi connectivity index (χ0v) is 13.8. The molecule has 1 aliphatic heterocycles. The zero-order chi connectivity index (χ0) is 16.5. The minimum Gasteiger partial charge on any atom is -0.346 e. The van der Waals surface area contributed by atoms with Crippen LogP contribution in [0.2, 0.25) is 0 Å². The maximum absolute atomic E-state index is 4.77. The van der Waals surface area contributed by atoms with Crippen molar-refractivity contribution in [1.82, 2.24) is 29.9 Å². The summed E-state index contributed by atoms with van der Waals surface area (Å²) in [5, 5.41) is 0. The fourth-order valence-electron chi connectivity index (χ4n) is 3.17. The first-order valence-corrected chi connectivity index (χ1v) is 8.11. The summed E-state index contributed by atoms with van der Waals surface area (Å²) in [5.41, 5.74) is 2.73. The first-order chi connectivity index (χ1) is 11.7. The minimum absolute atomic E-state index is 0.132. The number of aromatic amines is 1. The lowest BCUT2D eigenvalue weighted by molar-refractivity contribution is 0.656. The molecule has 1 unspecified atom stereocenters. The molecule has 1 fully saturated rings. The van der Waals surface area contributed by atoms with Crippen LogP contribution in [0.25, 0.3) is 11.5 Å². The Morgan fingerprint density at radius 3 is 2.79 bits per heavy atom. The van der Waals surface area contributed by atoms with Crippen LogP contribution in [0.4, 0.5) is 5.82 Å². The Morgan fingerprint density at radius 2 is 2.00 bits per heavy atom. The Hall–Kier alpha value is -2.83. The van der Waals surface area contributed by atoms with Gasteiger partial charge in [-0.25, -0.2) is 24.9 Å². The molecular weight excluding hydrogens is 302 g/mol. The predicted molar refractivity (Wildman–Crippen MR) is 90.4 cm³/mol. The Kier molecular flexibility index (Phi) is 3.68. The van der Waals surface area contributed by atoms with Gasteiger partial charge in [-0.3, -0.25) is 0 Å². The molecular formula is C17H19N7. The van der Waals surface area contributed by atoms with Gasteiger partial charge in [0.1, 0.15) is 17.8 Å². The number of H-pyrrole nitrogens is 1. The van der Waals surface area contributed by atoms with Gasteiger partial charge in [-0.15, -0.1) is 0 Å². The molecule has 4 rings (SSSR count). The van der Waals surface area contributed by atoms with Crippen molar-refractivity contribution >= 4 is 5.82 Å². The van der Waals surface area contributed by atoms with Crippen molar-refractivity contribution < 1.29 is 0 Å². The molecule has 7 nitrogen and oxygen atoms in total. The summed E-state index contributed by atoms with van der Waals surface area (Å²) in [6.45, 7) is 4.93. The molecule has 3 aromatic heterocycles. The van der Waals surface area contributed by atoms with Gasteiger partial charge < -0.3 is 9.88 Å². The van der Waals surface area contributed by atoms with Crippen LogP contribution < -0.4 is 4.90 Å². The number of hydrogen-bond donors (Lipinski definition) is 1. The normalized spacial score (nSPS) is 17.4. The molecule has 122 valence electrons. The lowest BCUT2D eigenvalue weighted by atomic mass is 10.2. The van der Waals surface area contributed by atoms with Crippen LogP contribution in [0.3, 0.4) is 0 Å². The molecule has 7 heteroatoms. The van der Waals surface area contributed by atoms with Gasteiger partial charge in [-0.05, 0) is 32.8 Å². The fourth-order valence-corrected chi connectivity index (χ4v) is 3.17. The van der Waals surface area contributed by atoms with Gasteiger partial charge in [0.05, 0.1) is 6.04 Å². The highest BCUT2D eigenvalue weighted by Gasteiger charge is 2.30. The van der Waals surface area contributed by atoms with E-state index in [1.807, 2.05) is 26.0 Å². The van der Waals surface area contributed by atoms with E-state index in [0.717, 1.165) is 53.9 Å². The Balaban J connectivity index is 1.72. The third-order valence-electron chi connectivity index (χ3n) is 4.25. The quantitative estimate of drug-likeness (QED) is 0.798. The van der Waals surface area contributed by atoms with Crippen molar-refractivity contribution in [3.63, 3.8) is 0 Å². The zero-order valence-electron chi connectivity index (χ0n) is 13.8. The van der Waals surface area contributed by atoms with Crippen LogP contribution in [-0.2, 0) is 0 Å². The molecule has 3 aromatic rings. The maximum atomic E-state index is 4.77. The molecule has 1 N–H and O–H groups in total. The van der Waals surface area contributed by atoms with E-state index in [0.29, 0.717) is 0 Å². The number of aryl methyl sites for hydroxylation is 2. The second-order valence-electron chi connectivity index (χ2n) is 6.06. The fraction of sp³-hybridized carbons (Fsp3) is 0.353. The van der Waals surface area contributed by atoms with Crippen LogP contribution in [0, 0.1) is 13.8 Å². The van der Waals surface area contributed by atoms with Crippen LogP contribution in [0.15, 0.2) is 30.9 Å². The first kappa shape index (κ1) is 14.7. The predicted octanol–water partition coefficient (Wildman–Crippen LogP) is 2.62. The molecule has 0 saturated carbocycles. The smallest absolute Gasteiger partial charge is 0.156 e. The Morgan fingerprint density at radius 1 is 1.08 bits per heavy atom. The van der Waals surface area contributed by atoms with Crippen molar-refractivity contribution in [3.05, 3.63) is 48.1 Å². The highest BCUT2D eigenvalue weighted by molar-refractivity contribution is 5.50. The second-order valence-corrected chi connectivity index (χ2v) is 6.06. The number of rotatable bonds is 3. The molecule has 24 heavy (non-hydrogen) atoms. The van der Waals surface area contributed by atoms with Gasteiger partial charge in [-0.1, -0.05) is 0 Å². The summed E-state index contributed by atoms with van der Waals surface area (Å²) in [5.74, 6) is 2.54. The number of aromatic nitrogens is 6. The molecule has 1 aliphatic rings. The lowest BCUT2D eigenvalue weighted by Crippen LogP contribution is -2.25. The summed E-state index contributed by atoms with van der Waals surface area (Å²) >= 11 is 0. The third-order valence-corrected chi connectivity index (χ3v) is 4.25. The highest BCUT2D eigenvalue weighted by atomic mass is 15.3. The number of imidazole rings is 1. The topological polar surface area (TPSA) is 83.5 Å². The molecule has 0 amide bonds. The van der Waals surface area contributed by atoms with E-state index in [1.54, 1.807) is 18.7 Å². The van der Waals surface area contributed by atoms with Crippen molar-refractivity contribution in [2.45, 2.75) is 32.7 Å². The summed E-state index contributed by atoms with van der Waals surface area (Å²) in [6, 6.07) is 4.10. The molecule has 0 spiro atoms. The van der Waals surface area contributed by atoms with Gasteiger partial charge in [-0.2, -0.15) is 0 Å². The summed E-state index contributed by atoms with van der Waals surface area (Å²) in [6.07, 6.45) is 7.27. The summed E-state index contributed by atoms with van der Waals surface area (Å²) in [7, 11) is 0. The van der Waals surface area contributed by atoms with Crippen LogP contribution in [-0.4, -0.2) is 36.4 Å². The molecule has 1 atom stereocenters. The van der Waals surface area contributed by atoms with Gasteiger partial charge in [0, 0.05) is 36.4 Å². The van der Waals surface area contributed by atoms with Gasteiger partial charge in [0.25, 0.3) is 0 Å². The van der Waals surface area contributed by atoms with Crippen molar-refractivity contribution in [3.8, 4) is 11.5 Å². The molecule has 4 heterocycles. The number of nitrogens with one attached hydrogen (secondary N) is 1. The van der Waals surface area contributed by atoms with Crippen molar-refractivity contribution in [2.75, 3.05) is 11.4 Å². The van der Waals surface area contributed by atoms with E-state index in [4.69, 9.17) is 4.98 Å². The number of nitrogens with zero attached hydrogens (tertiary/aromatic N) is 6. The third kappa shape index (κ3) is 2.73. The van der Waals surface area contributed by atoms with Crippen LogP contribution in [0.1, 0.15) is 36.1 Å². The monoisotopic (exact) mass is 321 g/mol. The average molecular weight is 321 g/mol. The minimum atomic E-state index is 0.132. The van der Waals surface area contributed by atoms with Gasteiger partial charge in [0.2, 0.25) is 0 Å². The molecule has 0 aliphatic carbocycles. The van der Waals surface area contributed by atoms with Crippen molar-refractivity contribution in [2.24, 2.45) is 0 Å². The van der Waals surface area contributed by atoms with Crippen molar-refractivity contribution in [1.29, 1.82) is 0 Å². The standard InChI is InChI=1S/C17H19N7/c1-11-9-15(21-10-20-11)24-7-3-4-14(24)17-22-12(2)8-13(23-17)16-18-5-6-19-16/h5-6,8-10,14H,3-4,7H2,1-2H3,(H,18,19). The van der Waals surface area contributed by atoms with E-state index in [1.165, 1.54) is 0 Å². The Labute approximate surface area is 140 Å². The van der Waals surface area contributed by atoms with E-state index in [-0.39, 0.29) is 6.04 Å². The van der Waals surface area contributed by atoms with E-state index < -0.39 is 0 Å². The molecule has 1 saturated heterocycles. The van der Waals surface area contributed by atoms with E-state index in [2.05, 4.69) is 29.8 Å². The first-order valence-electron chi connectivity index (χ1n) is 8.11. The lowest BCUT2D eigenvalue weighted by Gasteiger charge is -2.25. The number of anilines is 1. The molecule has 0 bridgehead atoms. The van der Waals surface area contributed by atoms with Gasteiger partial charge in [0.15, 0.2) is 11.6 Å². The molecule has 0 radical (unpaired) electrons. The van der Waals surface area contributed by atoms with Gasteiger partial charge >= 0.3 is 0 Å². The van der Waals surface area contributed by atoms with Crippen LogP contribution >= 0.6 is 0 Å². The maximum Gasteiger partial charge on any atom is 0.156 e. The van der Waals surface area contributed by atoms with E-state index >= 15 is 0 Å². The van der Waals surface area contributed by atoms with E-state index in [9.17, 15) is 0 Å². The average Bonchev–Trinajstić information content (AvgIpc) is 3.26.